The van der Waals surface area contributed by atoms with Gasteiger partial charge in [-0.3, -0.25) is 4.79 Å². The number of amides is 1. The fourth-order valence-corrected chi connectivity index (χ4v) is 4.15. The fraction of sp³-hybridized carbons (Fsp3) is 0.444. The van der Waals surface area contributed by atoms with Crippen molar-refractivity contribution in [3.63, 3.8) is 0 Å². The van der Waals surface area contributed by atoms with E-state index in [0.717, 1.165) is 10.7 Å². The number of aryl methyl sites for hydroxylation is 1. The number of benzene rings is 1. The third-order valence-electron chi connectivity index (χ3n) is 4.59. The first-order valence-corrected chi connectivity index (χ1v) is 8.92. The second-order valence-electron chi connectivity index (χ2n) is 6.24. The van der Waals surface area contributed by atoms with Crippen LogP contribution in [0.5, 0.6) is 0 Å². The van der Waals surface area contributed by atoms with Gasteiger partial charge in [0.25, 0.3) is 5.91 Å². The molecule has 0 bridgehead atoms. The molecule has 2 N–H and O–H groups in total. The Morgan fingerprint density at radius 2 is 2.08 bits per heavy atom. The fourth-order valence-electron chi connectivity index (χ4n) is 3.08. The topological polar surface area (TPSA) is 68.5 Å². The summed E-state index contributed by atoms with van der Waals surface area (Å²) < 4.78 is 5.30. The summed E-state index contributed by atoms with van der Waals surface area (Å²) in [4.78, 5) is 19.9. The van der Waals surface area contributed by atoms with Crippen molar-refractivity contribution in [1.82, 2.24) is 9.88 Å². The number of thiazole rings is 1. The van der Waals surface area contributed by atoms with Crippen LogP contribution in [-0.4, -0.2) is 42.0 Å². The Morgan fingerprint density at radius 3 is 2.75 bits per heavy atom. The van der Waals surface area contributed by atoms with E-state index in [1.807, 2.05) is 36.9 Å². The Morgan fingerprint density at radius 1 is 1.38 bits per heavy atom. The highest BCUT2D eigenvalue weighted by Crippen LogP contribution is 2.31. The summed E-state index contributed by atoms with van der Waals surface area (Å²) in [5.74, 6) is 0.203. The first-order chi connectivity index (χ1) is 11.5. The van der Waals surface area contributed by atoms with E-state index in [1.54, 1.807) is 7.11 Å². The van der Waals surface area contributed by atoms with Crippen molar-refractivity contribution >= 4 is 17.2 Å². The van der Waals surface area contributed by atoms with E-state index in [9.17, 15) is 4.79 Å². The zero-order chi connectivity index (χ0) is 17.3. The average Bonchev–Trinajstić information content (AvgIpc) is 3.17. The van der Waals surface area contributed by atoms with Gasteiger partial charge in [0.1, 0.15) is 16.0 Å². The van der Waals surface area contributed by atoms with Crippen LogP contribution < -0.4 is 5.73 Å². The molecule has 5 nitrogen and oxygen atoms in total. The molecule has 0 radical (unpaired) electrons. The summed E-state index contributed by atoms with van der Waals surface area (Å²) >= 11 is 1.42. The van der Waals surface area contributed by atoms with Crippen molar-refractivity contribution in [2.24, 2.45) is 5.73 Å². The first kappa shape index (κ1) is 17.1. The van der Waals surface area contributed by atoms with E-state index >= 15 is 0 Å². The van der Waals surface area contributed by atoms with E-state index < -0.39 is 0 Å². The summed E-state index contributed by atoms with van der Waals surface area (Å²) in [6.07, 6.45) is -0.104. The molecule has 1 fully saturated rings. The average molecular weight is 345 g/mol. The van der Waals surface area contributed by atoms with Crippen LogP contribution in [0.15, 0.2) is 30.3 Å². The molecule has 24 heavy (non-hydrogen) atoms. The van der Waals surface area contributed by atoms with Crippen LogP contribution in [0.4, 0.5) is 0 Å². The SMILES string of the molecule is COC(C)c1nc(C)c(C(=O)N2C[C@@H](N)[C@H](c3ccccc3)C2)s1. The molecule has 2 aromatic rings. The van der Waals surface area contributed by atoms with Gasteiger partial charge in [-0.1, -0.05) is 30.3 Å². The molecule has 1 unspecified atom stereocenters. The van der Waals surface area contributed by atoms with Gasteiger partial charge in [-0.15, -0.1) is 11.3 Å². The third-order valence-corrected chi connectivity index (χ3v) is 5.90. The molecule has 0 aliphatic carbocycles. The van der Waals surface area contributed by atoms with Gasteiger partial charge in [0.2, 0.25) is 0 Å². The number of nitrogens with two attached hydrogens (primary N) is 1. The predicted octanol–water partition coefficient (Wildman–Crippen LogP) is 2.73. The molecule has 1 aliphatic heterocycles. The van der Waals surface area contributed by atoms with Crippen molar-refractivity contribution in [1.29, 1.82) is 0 Å². The number of hydrogen-bond donors (Lipinski definition) is 1. The molecule has 2 heterocycles. The predicted molar refractivity (Wildman–Crippen MR) is 95.3 cm³/mol. The van der Waals surface area contributed by atoms with Crippen LogP contribution in [0, 0.1) is 6.92 Å². The lowest BCUT2D eigenvalue weighted by Crippen LogP contribution is -2.32. The Kier molecular flexibility index (Phi) is 4.99. The highest BCUT2D eigenvalue weighted by atomic mass is 32.1. The number of likely N-dealkylation sites (tertiary alicyclic amines) is 1. The second kappa shape index (κ2) is 7.01. The Bertz CT molecular complexity index is 716. The monoisotopic (exact) mass is 345 g/mol. The highest BCUT2D eigenvalue weighted by molar-refractivity contribution is 7.13. The summed E-state index contributed by atoms with van der Waals surface area (Å²) in [6.45, 7) is 5.03. The smallest absolute Gasteiger partial charge is 0.265 e. The van der Waals surface area contributed by atoms with Crippen LogP contribution in [0.1, 0.15) is 44.9 Å². The first-order valence-electron chi connectivity index (χ1n) is 8.11. The van der Waals surface area contributed by atoms with E-state index in [4.69, 9.17) is 10.5 Å². The number of carbonyl (C=O) groups excluding carboxylic acids is 1. The number of carbonyl (C=O) groups is 1. The van der Waals surface area contributed by atoms with Crippen LogP contribution in [0.3, 0.4) is 0 Å². The zero-order valence-electron chi connectivity index (χ0n) is 14.2. The lowest BCUT2D eigenvalue weighted by Gasteiger charge is -2.16. The van der Waals surface area contributed by atoms with Gasteiger partial charge in [0.15, 0.2) is 0 Å². The van der Waals surface area contributed by atoms with Gasteiger partial charge in [-0.05, 0) is 19.4 Å². The molecule has 6 heteroatoms. The molecule has 1 aromatic carbocycles. The molecule has 1 amide bonds. The number of rotatable bonds is 4. The number of methoxy groups -OCH3 is 1. The minimum Gasteiger partial charge on any atom is -0.375 e. The van der Waals surface area contributed by atoms with Crippen LogP contribution in [0.25, 0.3) is 0 Å². The maximum Gasteiger partial charge on any atom is 0.265 e. The number of aromatic nitrogens is 1. The van der Waals surface area contributed by atoms with Crippen molar-refractivity contribution in [2.75, 3.05) is 20.2 Å². The normalized spacial score (nSPS) is 21.9. The second-order valence-corrected chi connectivity index (χ2v) is 7.27. The highest BCUT2D eigenvalue weighted by Gasteiger charge is 2.35. The lowest BCUT2D eigenvalue weighted by atomic mass is 9.95. The maximum atomic E-state index is 12.9. The van der Waals surface area contributed by atoms with E-state index in [1.165, 1.54) is 16.9 Å². The summed E-state index contributed by atoms with van der Waals surface area (Å²) in [7, 11) is 1.65. The van der Waals surface area contributed by atoms with Gasteiger partial charge < -0.3 is 15.4 Å². The lowest BCUT2D eigenvalue weighted by molar-refractivity contribution is 0.0793. The minimum atomic E-state index is -0.104. The molecule has 1 aromatic heterocycles. The van der Waals surface area contributed by atoms with Gasteiger partial charge in [0.05, 0.1) is 5.69 Å². The van der Waals surface area contributed by atoms with E-state index in [0.29, 0.717) is 18.0 Å². The largest absolute Gasteiger partial charge is 0.375 e. The Labute approximate surface area is 146 Å². The quantitative estimate of drug-likeness (QED) is 0.925. The summed E-state index contributed by atoms with van der Waals surface area (Å²) in [6, 6.07) is 10.1. The van der Waals surface area contributed by atoms with Crippen molar-refractivity contribution in [3.8, 4) is 0 Å². The Hall–Kier alpha value is -1.76. The third kappa shape index (κ3) is 3.22. The summed E-state index contributed by atoms with van der Waals surface area (Å²) in [5.41, 5.74) is 8.26. The standard InChI is InChI=1S/C18H23N3O2S/c1-11-16(24-17(20-11)12(2)23-3)18(22)21-9-14(15(19)10-21)13-7-5-4-6-8-13/h4-8,12,14-15H,9-10,19H2,1-3H3/t12?,14-,15+/m0/s1. The number of hydrogen-bond acceptors (Lipinski definition) is 5. The summed E-state index contributed by atoms with van der Waals surface area (Å²) in [5, 5.41) is 0.835. The van der Waals surface area contributed by atoms with Gasteiger partial charge in [-0.25, -0.2) is 4.98 Å². The van der Waals surface area contributed by atoms with Crippen LogP contribution >= 0.6 is 11.3 Å². The van der Waals surface area contributed by atoms with E-state index in [2.05, 4.69) is 17.1 Å². The Balaban J connectivity index is 1.78. The van der Waals surface area contributed by atoms with Crippen molar-refractivity contribution in [2.45, 2.75) is 31.9 Å². The van der Waals surface area contributed by atoms with E-state index in [-0.39, 0.29) is 24.0 Å². The van der Waals surface area contributed by atoms with Crippen LogP contribution in [0.2, 0.25) is 0 Å². The molecule has 0 saturated carbocycles. The number of nitrogens with zero attached hydrogens (tertiary/aromatic N) is 2. The minimum absolute atomic E-state index is 0.0217. The molecule has 0 spiro atoms. The molecule has 3 rings (SSSR count). The van der Waals surface area contributed by atoms with Gasteiger partial charge in [-0.2, -0.15) is 0 Å². The van der Waals surface area contributed by atoms with Gasteiger partial charge >= 0.3 is 0 Å². The molecule has 3 atom stereocenters. The maximum absolute atomic E-state index is 12.9. The van der Waals surface area contributed by atoms with Crippen molar-refractivity contribution in [3.05, 3.63) is 51.5 Å². The molecule has 1 aliphatic rings. The molecule has 1 saturated heterocycles. The van der Waals surface area contributed by atoms with Crippen molar-refractivity contribution < 1.29 is 9.53 Å². The van der Waals surface area contributed by atoms with Crippen LogP contribution in [-0.2, 0) is 4.74 Å². The van der Waals surface area contributed by atoms with Gasteiger partial charge in [0, 0.05) is 32.2 Å². The zero-order valence-corrected chi connectivity index (χ0v) is 15.0. The number of ether oxygens (including phenoxy) is 1. The molecular formula is C18H23N3O2S. The molecule has 128 valence electrons. The molecular weight excluding hydrogens is 322 g/mol.